The molecule has 0 unspecified atom stereocenters. The van der Waals surface area contributed by atoms with Crippen LogP contribution in [-0.4, -0.2) is 115 Å². The number of ether oxygens (including phenoxy) is 3. The highest BCUT2D eigenvalue weighted by Crippen LogP contribution is 2.36. The summed E-state index contributed by atoms with van der Waals surface area (Å²) in [5, 5.41) is 68.5. The predicted molar refractivity (Wildman–Crippen MR) is 84.7 cm³/mol. The van der Waals surface area contributed by atoms with E-state index in [0.717, 1.165) is 11.8 Å². The van der Waals surface area contributed by atoms with Crippen LogP contribution in [0.1, 0.15) is 6.92 Å². The molecule has 2 aliphatic heterocycles. The largest absolute Gasteiger partial charge is 0.394 e. The van der Waals surface area contributed by atoms with Crippen LogP contribution in [0.3, 0.4) is 0 Å². The number of thioether (sulfide) groups is 1. The number of rotatable bonds is 6. The molecule has 2 rings (SSSR count). The van der Waals surface area contributed by atoms with Gasteiger partial charge in [-0.05, 0) is 0 Å². The Morgan fingerprint density at radius 1 is 1.04 bits per heavy atom. The Bertz CT molecular complexity index is 494. The highest BCUT2D eigenvalue weighted by atomic mass is 32.2. The van der Waals surface area contributed by atoms with Gasteiger partial charge in [0.1, 0.15) is 43.2 Å². The average Bonchev–Trinajstić information content (AvgIpc) is 2.86. The van der Waals surface area contributed by atoms with Gasteiger partial charge in [-0.1, -0.05) is 11.8 Å². The second-order valence-corrected chi connectivity index (χ2v) is 7.38. The molecule has 0 aromatic rings. The van der Waals surface area contributed by atoms with Crippen molar-refractivity contribution in [3.63, 3.8) is 0 Å². The van der Waals surface area contributed by atoms with Crippen molar-refractivity contribution in [1.82, 2.24) is 0 Å². The molecule has 0 saturated carbocycles. The van der Waals surface area contributed by atoms with Crippen LogP contribution in [-0.2, 0) is 19.0 Å². The maximum Gasteiger partial charge on any atom is 0.224 e. The van der Waals surface area contributed by atoms with Gasteiger partial charge in [-0.3, -0.25) is 4.79 Å². The minimum Gasteiger partial charge on any atom is -0.394 e. The van der Waals surface area contributed by atoms with E-state index in [1.54, 1.807) is 0 Å². The lowest BCUT2D eigenvalue weighted by atomic mass is 9.99. The lowest BCUT2D eigenvalue weighted by molar-refractivity contribution is -0.380. The smallest absolute Gasteiger partial charge is 0.224 e. The van der Waals surface area contributed by atoms with E-state index < -0.39 is 68.0 Å². The fourth-order valence-corrected chi connectivity index (χ4v) is 3.49. The standard InChI is InChI=1S/C14H24O11S/c1-5(17)26-3-7-8(18)10(20)11(21)13(23-7)25-14(4-16)12(22)9(19)6(2-15)24-14/h6-13,15-16,18-22H,2-4H2,1H3/t6-,7-,8-,9-,10+,11-,12+,13-,14+/m1/s1. The van der Waals surface area contributed by atoms with Crippen LogP contribution in [0.15, 0.2) is 0 Å². The molecular weight excluding hydrogens is 376 g/mol. The van der Waals surface area contributed by atoms with Gasteiger partial charge in [0.25, 0.3) is 0 Å². The topological polar surface area (TPSA) is 186 Å². The Labute approximate surface area is 153 Å². The molecule has 0 amide bonds. The van der Waals surface area contributed by atoms with E-state index in [2.05, 4.69) is 0 Å². The Hall–Kier alpha value is -0.380. The monoisotopic (exact) mass is 400 g/mol. The van der Waals surface area contributed by atoms with Crippen LogP contribution in [0.4, 0.5) is 0 Å². The second-order valence-electron chi connectivity index (χ2n) is 6.18. The van der Waals surface area contributed by atoms with E-state index in [1.807, 2.05) is 0 Å². The summed E-state index contributed by atoms with van der Waals surface area (Å²) in [4.78, 5) is 11.1. The molecule has 9 atom stereocenters. The number of hydrogen-bond acceptors (Lipinski definition) is 12. The van der Waals surface area contributed by atoms with Crippen molar-refractivity contribution in [2.75, 3.05) is 19.0 Å². The minimum absolute atomic E-state index is 0.0441. The van der Waals surface area contributed by atoms with Crippen molar-refractivity contribution in [1.29, 1.82) is 0 Å². The third kappa shape index (κ3) is 4.20. The van der Waals surface area contributed by atoms with Crippen molar-refractivity contribution < 1.29 is 54.8 Å². The van der Waals surface area contributed by atoms with Gasteiger partial charge in [-0.25, -0.2) is 0 Å². The molecule has 2 fully saturated rings. The van der Waals surface area contributed by atoms with E-state index in [-0.39, 0.29) is 10.9 Å². The molecule has 2 saturated heterocycles. The van der Waals surface area contributed by atoms with Crippen LogP contribution in [0, 0.1) is 0 Å². The number of hydrogen-bond donors (Lipinski definition) is 7. The lowest BCUT2D eigenvalue weighted by Crippen LogP contribution is -2.62. The number of aliphatic hydroxyl groups is 7. The summed E-state index contributed by atoms with van der Waals surface area (Å²) in [7, 11) is 0. The van der Waals surface area contributed by atoms with E-state index in [9.17, 15) is 35.4 Å². The third-order valence-corrected chi connectivity index (χ3v) is 5.24. The molecular formula is C14H24O11S. The van der Waals surface area contributed by atoms with Crippen molar-refractivity contribution >= 4 is 16.9 Å². The molecule has 0 aromatic heterocycles. The summed E-state index contributed by atoms with van der Waals surface area (Å²) < 4.78 is 15.9. The molecule has 11 nitrogen and oxygen atoms in total. The van der Waals surface area contributed by atoms with Crippen LogP contribution in [0.2, 0.25) is 0 Å². The van der Waals surface area contributed by atoms with Gasteiger partial charge in [-0.15, -0.1) is 0 Å². The molecule has 0 spiro atoms. The molecule has 12 heteroatoms. The summed E-state index contributed by atoms with van der Waals surface area (Å²) in [6, 6.07) is 0. The molecule has 26 heavy (non-hydrogen) atoms. The SMILES string of the molecule is CC(=O)SC[C@H]1O[C@H](O[C@]2(CO)O[C@H](CO)[C@@H](O)[C@@H]2O)[C@H](O)[C@@H](O)[C@@H]1O. The first-order valence-electron chi connectivity index (χ1n) is 7.93. The summed E-state index contributed by atoms with van der Waals surface area (Å²) in [6.45, 7) is -0.324. The molecule has 2 aliphatic rings. The maximum absolute atomic E-state index is 11.1. The van der Waals surface area contributed by atoms with E-state index in [4.69, 9.17) is 19.3 Å². The molecule has 0 aromatic carbocycles. The fraction of sp³-hybridized carbons (Fsp3) is 0.929. The Morgan fingerprint density at radius 3 is 2.19 bits per heavy atom. The molecule has 0 aliphatic carbocycles. The highest BCUT2D eigenvalue weighted by molar-refractivity contribution is 8.13. The van der Waals surface area contributed by atoms with Crippen molar-refractivity contribution in [3.05, 3.63) is 0 Å². The molecule has 2 heterocycles. The number of carbonyl (C=O) groups is 1. The summed E-state index contributed by atoms with van der Waals surface area (Å²) >= 11 is 0.824. The highest BCUT2D eigenvalue weighted by Gasteiger charge is 2.58. The van der Waals surface area contributed by atoms with Crippen LogP contribution >= 0.6 is 11.8 Å². The molecule has 7 N–H and O–H groups in total. The van der Waals surface area contributed by atoms with Gasteiger partial charge in [0, 0.05) is 12.7 Å². The number of carbonyl (C=O) groups excluding carboxylic acids is 1. The maximum atomic E-state index is 11.1. The van der Waals surface area contributed by atoms with Gasteiger partial charge < -0.3 is 50.0 Å². The zero-order valence-corrected chi connectivity index (χ0v) is 14.7. The molecule has 152 valence electrons. The van der Waals surface area contributed by atoms with Crippen LogP contribution < -0.4 is 0 Å². The van der Waals surface area contributed by atoms with Gasteiger partial charge in [0.05, 0.1) is 12.7 Å². The lowest BCUT2D eigenvalue weighted by Gasteiger charge is -2.43. The van der Waals surface area contributed by atoms with E-state index >= 15 is 0 Å². The van der Waals surface area contributed by atoms with Gasteiger partial charge >= 0.3 is 0 Å². The third-order valence-electron chi connectivity index (χ3n) is 4.34. The first kappa shape index (κ1) is 21.9. The Morgan fingerprint density at radius 2 is 1.69 bits per heavy atom. The first-order valence-corrected chi connectivity index (χ1v) is 8.92. The van der Waals surface area contributed by atoms with E-state index in [0.29, 0.717) is 0 Å². The summed E-state index contributed by atoms with van der Waals surface area (Å²) in [5.74, 6) is -2.27. The first-order chi connectivity index (χ1) is 12.2. The zero-order chi connectivity index (χ0) is 19.6. The second kappa shape index (κ2) is 8.75. The Kier molecular flexibility index (Phi) is 7.38. The van der Waals surface area contributed by atoms with Gasteiger partial charge in [0.15, 0.2) is 11.4 Å². The Balaban J connectivity index is 2.16. The number of aliphatic hydroxyl groups excluding tert-OH is 7. The minimum atomic E-state index is -2.22. The summed E-state index contributed by atoms with van der Waals surface area (Å²) in [6.07, 6.45) is -12.3. The van der Waals surface area contributed by atoms with Gasteiger partial charge in [0.2, 0.25) is 5.79 Å². The van der Waals surface area contributed by atoms with Gasteiger partial charge in [-0.2, -0.15) is 0 Å². The van der Waals surface area contributed by atoms with Crippen LogP contribution in [0.5, 0.6) is 0 Å². The molecule has 0 radical (unpaired) electrons. The fourth-order valence-electron chi connectivity index (χ4n) is 2.82. The summed E-state index contributed by atoms with van der Waals surface area (Å²) in [5.41, 5.74) is 0. The molecule has 0 bridgehead atoms. The van der Waals surface area contributed by atoms with Crippen molar-refractivity contribution in [2.45, 2.75) is 61.7 Å². The quantitative estimate of drug-likeness (QED) is 0.229. The predicted octanol–water partition coefficient (Wildman–Crippen LogP) is -4.11. The van der Waals surface area contributed by atoms with Crippen LogP contribution in [0.25, 0.3) is 0 Å². The van der Waals surface area contributed by atoms with Crippen molar-refractivity contribution in [3.8, 4) is 0 Å². The zero-order valence-electron chi connectivity index (χ0n) is 13.9. The average molecular weight is 400 g/mol. The van der Waals surface area contributed by atoms with E-state index in [1.165, 1.54) is 6.92 Å². The van der Waals surface area contributed by atoms with Crippen molar-refractivity contribution in [2.24, 2.45) is 0 Å². The normalized spacial score (nSPS) is 46.5.